The van der Waals surface area contributed by atoms with Crippen LogP contribution in [0.5, 0.6) is 0 Å². The SMILES string of the molecule is CCc1nc(NC)c(C)c(NCC(C)(O)CO)n1. The molecule has 0 saturated carbocycles. The Bertz CT molecular complexity index is 407. The molecule has 4 N–H and O–H groups in total. The van der Waals surface area contributed by atoms with Gasteiger partial charge in [-0.2, -0.15) is 0 Å². The summed E-state index contributed by atoms with van der Waals surface area (Å²) in [4.78, 5) is 8.74. The first-order valence-corrected chi connectivity index (χ1v) is 6.06. The fourth-order valence-electron chi connectivity index (χ4n) is 1.47. The van der Waals surface area contributed by atoms with Crippen molar-refractivity contribution in [2.75, 3.05) is 30.8 Å². The van der Waals surface area contributed by atoms with Gasteiger partial charge in [0.2, 0.25) is 0 Å². The number of aryl methyl sites for hydroxylation is 1. The summed E-state index contributed by atoms with van der Waals surface area (Å²) in [5, 5.41) is 24.8. The molecule has 0 aliphatic heterocycles. The molecule has 1 rings (SSSR count). The van der Waals surface area contributed by atoms with E-state index in [1.165, 1.54) is 0 Å². The zero-order valence-electron chi connectivity index (χ0n) is 11.4. The van der Waals surface area contributed by atoms with Crippen molar-refractivity contribution in [2.45, 2.75) is 32.8 Å². The summed E-state index contributed by atoms with van der Waals surface area (Å²) in [7, 11) is 1.81. The van der Waals surface area contributed by atoms with Crippen LogP contribution in [0.4, 0.5) is 11.6 Å². The van der Waals surface area contributed by atoms with Gasteiger partial charge in [0.15, 0.2) is 0 Å². The molecule has 102 valence electrons. The molecule has 0 spiro atoms. The van der Waals surface area contributed by atoms with Gasteiger partial charge in [0, 0.05) is 25.6 Å². The fraction of sp³-hybridized carbons (Fsp3) is 0.667. The van der Waals surface area contributed by atoms with Crippen LogP contribution in [0.1, 0.15) is 25.2 Å². The van der Waals surface area contributed by atoms with Gasteiger partial charge >= 0.3 is 0 Å². The summed E-state index contributed by atoms with van der Waals surface area (Å²) >= 11 is 0. The zero-order valence-corrected chi connectivity index (χ0v) is 11.4. The number of aliphatic hydroxyl groups is 2. The summed E-state index contributed by atoms with van der Waals surface area (Å²) in [6, 6.07) is 0. The van der Waals surface area contributed by atoms with Crippen LogP contribution in [-0.4, -0.2) is 46.0 Å². The highest BCUT2D eigenvalue weighted by Crippen LogP contribution is 2.20. The van der Waals surface area contributed by atoms with Crippen LogP contribution < -0.4 is 10.6 Å². The molecule has 1 aromatic heterocycles. The van der Waals surface area contributed by atoms with Gasteiger partial charge < -0.3 is 20.8 Å². The number of aromatic nitrogens is 2. The number of hydrogen-bond donors (Lipinski definition) is 4. The molecule has 0 aliphatic carbocycles. The second kappa shape index (κ2) is 5.97. The molecule has 0 radical (unpaired) electrons. The lowest BCUT2D eigenvalue weighted by Gasteiger charge is -2.22. The van der Waals surface area contributed by atoms with E-state index >= 15 is 0 Å². The minimum absolute atomic E-state index is 0.230. The Morgan fingerprint density at radius 2 is 1.89 bits per heavy atom. The Labute approximate surface area is 107 Å². The maximum Gasteiger partial charge on any atom is 0.134 e. The summed E-state index contributed by atoms with van der Waals surface area (Å²) in [5.74, 6) is 2.18. The molecule has 0 aliphatic rings. The zero-order chi connectivity index (χ0) is 13.8. The van der Waals surface area contributed by atoms with Crippen molar-refractivity contribution in [3.8, 4) is 0 Å². The Balaban J connectivity index is 2.94. The van der Waals surface area contributed by atoms with Gasteiger partial charge in [0.05, 0.1) is 6.61 Å². The van der Waals surface area contributed by atoms with Crippen LogP contribution in [0.25, 0.3) is 0 Å². The van der Waals surface area contributed by atoms with Crippen LogP contribution in [0, 0.1) is 6.92 Å². The third-order valence-corrected chi connectivity index (χ3v) is 2.72. The third kappa shape index (κ3) is 3.54. The average molecular weight is 254 g/mol. The minimum Gasteiger partial charge on any atom is -0.393 e. The molecule has 0 saturated heterocycles. The molecular formula is C12H22N4O2. The summed E-state index contributed by atoms with van der Waals surface area (Å²) in [6.45, 7) is 5.38. The van der Waals surface area contributed by atoms with Gasteiger partial charge in [-0.15, -0.1) is 0 Å². The van der Waals surface area contributed by atoms with Gasteiger partial charge in [-0.3, -0.25) is 0 Å². The van der Waals surface area contributed by atoms with Gasteiger partial charge in [0.25, 0.3) is 0 Å². The van der Waals surface area contributed by atoms with E-state index < -0.39 is 5.60 Å². The fourth-order valence-corrected chi connectivity index (χ4v) is 1.47. The molecule has 0 amide bonds. The van der Waals surface area contributed by atoms with E-state index in [9.17, 15) is 5.11 Å². The Kier molecular flexibility index (Phi) is 4.86. The van der Waals surface area contributed by atoms with Crippen molar-refractivity contribution >= 4 is 11.6 Å². The van der Waals surface area contributed by atoms with Crippen molar-refractivity contribution in [1.82, 2.24) is 9.97 Å². The first kappa shape index (κ1) is 14.7. The standard InChI is InChI=1S/C12H22N4O2/c1-5-9-15-10(13-4)8(2)11(16-9)14-6-12(3,18)7-17/h17-18H,5-7H2,1-4H3,(H2,13,14,15,16). The van der Waals surface area contributed by atoms with Gasteiger partial charge in [-0.25, -0.2) is 9.97 Å². The highest BCUT2D eigenvalue weighted by molar-refractivity contribution is 5.57. The monoisotopic (exact) mass is 254 g/mol. The molecule has 1 atom stereocenters. The first-order chi connectivity index (χ1) is 8.43. The number of nitrogens with one attached hydrogen (secondary N) is 2. The van der Waals surface area contributed by atoms with E-state index in [4.69, 9.17) is 5.11 Å². The predicted octanol–water partition coefficient (Wildman–Crippen LogP) is 0.544. The van der Waals surface area contributed by atoms with E-state index in [0.29, 0.717) is 5.82 Å². The van der Waals surface area contributed by atoms with E-state index in [2.05, 4.69) is 20.6 Å². The lowest BCUT2D eigenvalue weighted by atomic mass is 10.1. The first-order valence-electron chi connectivity index (χ1n) is 6.06. The van der Waals surface area contributed by atoms with Crippen LogP contribution in [-0.2, 0) is 6.42 Å². The quantitative estimate of drug-likeness (QED) is 0.592. The van der Waals surface area contributed by atoms with Gasteiger partial charge in [-0.05, 0) is 13.8 Å². The van der Waals surface area contributed by atoms with Crippen molar-refractivity contribution in [3.05, 3.63) is 11.4 Å². The minimum atomic E-state index is -1.16. The number of hydrogen-bond acceptors (Lipinski definition) is 6. The molecular weight excluding hydrogens is 232 g/mol. The van der Waals surface area contributed by atoms with Crippen molar-refractivity contribution < 1.29 is 10.2 Å². The molecule has 0 bridgehead atoms. The number of anilines is 2. The molecule has 0 fully saturated rings. The van der Waals surface area contributed by atoms with E-state index in [0.717, 1.165) is 23.6 Å². The van der Waals surface area contributed by atoms with Crippen LogP contribution in [0.15, 0.2) is 0 Å². The molecule has 1 heterocycles. The topological polar surface area (TPSA) is 90.3 Å². The Morgan fingerprint density at radius 3 is 2.39 bits per heavy atom. The molecule has 0 aromatic carbocycles. The normalized spacial score (nSPS) is 14.1. The smallest absolute Gasteiger partial charge is 0.134 e. The number of nitrogens with zero attached hydrogens (tertiary/aromatic N) is 2. The summed E-state index contributed by atoms with van der Waals surface area (Å²) in [6.07, 6.45) is 0.736. The second-order valence-corrected chi connectivity index (χ2v) is 4.57. The predicted molar refractivity (Wildman–Crippen MR) is 71.9 cm³/mol. The number of rotatable bonds is 6. The van der Waals surface area contributed by atoms with E-state index in [-0.39, 0.29) is 13.2 Å². The van der Waals surface area contributed by atoms with Crippen molar-refractivity contribution in [3.63, 3.8) is 0 Å². The van der Waals surface area contributed by atoms with Gasteiger partial charge in [0.1, 0.15) is 23.1 Å². The lowest BCUT2D eigenvalue weighted by Crippen LogP contribution is -2.37. The Morgan fingerprint density at radius 1 is 1.28 bits per heavy atom. The largest absolute Gasteiger partial charge is 0.393 e. The van der Waals surface area contributed by atoms with Crippen molar-refractivity contribution in [1.29, 1.82) is 0 Å². The Hall–Kier alpha value is -1.40. The van der Waals surface area contributed by atoms with Gasteiger partial charge in [-0.1, -0.05) is 6.92 Å². The molecule has 6 heteroatoms. The highest BCUT2D eigenvalue weighted by atomic mass is 16.3. The maximum absolute atomic E-state index is 9.76. The van der Waals surface area contributed by atoms with E-state index in [1.54, 1.807) is 6.92 Å². The average Bonchev–Trinajstić information content (AvgIpc) is 2.37. The maximum atomic E-state index is 9.76. The summed E-state index contributed by atoms with van der Waals surface area (Å²) in [5.41, 5.74) is -0.271. The van der Waals surface area contributed by atoms with Crippen molar-refractivity contribution in [2.24, 2.45) is 0 Å². The second-order valence-electron chi connectivity index (χ2n) is 4.57. The number of aliphatic hydroxyl groups excluding tert-OH is 1. The molecule has 6 nitrogen and oxygen atoms in total. The lowest BCUT2D eigenvalue weighted by molar-refractivity contribution is 0.0131. The van der Waals surface area contributed by atoms with Crippen LogP contribution >= 0.6 is 0 Å². The third-order valence-electron chi connectivity index (χ3n) is 2.72. The summed E-state index contributed by atoms with van der Waals surface area (Å²) < 4.78 is 0. The molecule has 18 heavy (non-hydrogen) atoms. The van der Waals surface area contributed by atoms with Crippen LogP contribution in [0.2, 0.25) is 0 Å². The van der Waals surface area contributed by atoms with Crippen LogP contribution in [0.3, 0.4) is 0 Å². The highest BCUT2D eigenvalue weighted by Gasteiger charge is 2.19. The molecule has 1 aromatic rings. The van der Waals surface area contributed by atoms with E-state index in [1.807, 2.05) is 20.9 Å². The molecule has 1 unspecified atom stereocenters.